The van der Waals surface area contributed by atoms with Crippen LogP contribution >= 0.6 is 0 Å². The Bertz CT molecular complexity index is 821. The minimum absolute atomic E-state index is 0.0242. The third kappa shape index (κ3) is 5.52. The number of halogens is 2. The van der Waals surface area contributed by atoms with E-state index in [-0.39, 0.29) is 24.6 Å². The van der Waals surface area contributed by atoms with Crippen LogP contribution in [0.5, 0.6) is 0 Å². The molecule has 0 radical (unpaired) electrons. The van der Waals surface area contributed by atoms with Gasteiger partial charge >= 0.3 is 0 Å². The van der Waals surface area contributed by atoms with Crippen LogP contribution in [0.2, 0.25) is 0 Å². The molecule has 0 aliphatic carbocycles. The van der Waals surface area contributed by atoms with Crippen LogP contribution in [-0.2, 0) is 9.59 Å². The molecule has 0 aromatic heterocycles. The van der Waals surface area contributed by atoms with Crippen LogP contribution < -0.4 is 15.1 Å². The fraction of sp³-hybridized carbons (Fsp3) is 0.333. The third-order valence-electron chi connectivity index (χ3n) is 4.44. The maximum absolute atomic E-state index is 13.2. The molecular formula is C21H25F2N3O2. The Labute approximate surface area is 163 Å². The minimum atomic E-state index is -1.03. The molecule has 1 N–H and O–H groups in total. The van der Waals surface area contributed by atoms with Gasteiger partial charge in [0.15, 0.2) is 11.6 Å². The number of rotatable bonds is 8. The van der Waals surface area contributed by atoms with Crippen LogP contribution in [0.3, 0.4) is 0 Å². The van der Waals surface area contributed by atoms with Crippen molar-refractivity contribution < 1.29 is 18.4 Å². The molecule has 0 saturated carbocycles. The summed E-state index contributed by atoms with van der Waals surface area (Å²) in [5, 5.41) is 2.50. The molecule has 0 aliphatic heterocycles. The van der Waals surface area contributed by atoms with Gasteiger partial charge in [0.2, 0.25) is 11.8 Å². The highest BCUT2D eigenvalue weighted by Crippen LogP contribution is 2.21. The van der Waals surface area contributed by atoms with Crippen LogP contribution in [0.1, 0.15) is 27.2 Å². The molecule has 2 amide bonds. The largest absolute Gasteiger partial charge is 0.372 e. The van der Waals surface area contributed by atoms with Crippen molar-refractivity contribution in [2.75, 3.05) is 34.8 Å². The monoisotopic (exact) mass is 389 g/mol. The van der Waals surface area contributed by atoms with Crippen molar-refractivity contribution in [2.45, 2.75) is 27.2 Å². The van der Waals surface area contributed by atoms with Gasteiger partial charge in [0.1, 0.15) is 0 Å². The van der Waals surface area contributed by atoms with Gasteiger partial charge in [0.25, 0.3) is 0 Å². The lowest BCUT2D eigenvalue weighted by molar-refractivity contribution is -0.117. The van der Waals surface area contributed by atoms with E-state index in [1.54, 1.807) is 0 Å². The lowest BCUT2D eigenvalue weighted by atomic mass is 10.2. The van der Waals surface area contributed by atoms with Crippen molar-refractivity contribution in [1.29, 1.82) is 0 Å². The van der Waals surface area contributed by atoms with Gasteiger partial charge in [-0.1, -0.05) is 0 Å². The second-order valence-corrected chi connectivity index (χ2v) is 6.29. The highest BCUT2D eigenvalue weighted by molar-refractivity contribution is 5.94. The topological polar surface area (TPSA) is 52.6 Å². The predicted molar refractivity (Wildman–Crippen MR) is 108 cm³/mol. The normalized spacial score (nSPS) is 10.5. The number of benzene rings is 2. The second-order valence-electron chi connectivity index (χ2n) is 6.29. The molecule has 0 bridgehead atoms. The molecule has 0 saturated heterocycles. The molecule has 5 nitrogen and oxygen atoms in total. The lowest BCUT2D eigenvalue weighted by Crippen LogP contribution is -2.32. The van der Waals surface area contributed by atoms with Crippen molar-refractivity contribution in [2.24, 2.45) is 0 Å². The summed E-state index contributed by atoms with van der Waals surface area (Å²) in [6.45, 7) is 7.53. The van der Waals surface area contributed by atoms with Gasteiger partial charge in [-0.2, -0.15) is 0 Å². The number of amides is 2. The standard InChI is InChI=1S/C21H25F2N3O2/c1-4-25(5-2)17-7-9-18(10-8-17)26(15(3)27)13-12-21(28)24-16-6-11-19(22)20(23)14-16/h6-11,14H,4-5,12-13H2,1-3H3,(H,24,28). The number of nitrogens with one attached hydrogen (secondary N) is 1. The van der Waals surface area contributed by atoms with E-state index in [0.29, 0.717) is 5.69 Å². The molecule has 2 aromatic carbocycles. The van der Waals surface area contributed by atoms with E-state index in [4.69, 9.17) is 0 Å². The number of carbonyl (C=O) groups excluding carboxylic acids is 2. The molecule has 2 rings (SSSR count). The summed E-state index contributed by atoms with van der Waals surface area (Å²) in [6.07, 6.45) is 0.0242. The first-order chi connectivity index (χ1) is 13.3. The zero-order valence-corrected chi connectivity index (χ0v) is 16.3. The van der Waals surface area contributed by atoms with Gasteiger partial charge < -0.3 is 15.1 Å². The molecule has 7 heteroatoms. The van der Waals surface area contributed by atoms with Gasteiger partial charge in [-0.3, -0.25) is 9.59 Å². The quantitative estimate of drug-likeness (QED) is 0.736. The molecule has 0 unspecified atom stereocenters. The van der Waals surface area contributed by atoms with Crippen molar-refractivity contribution in [1.82, 2.24) is 0 Å². The third-order valence-corrected chi connectivity index (χ3v) is 4.44. The van der Waals surface area contributed by atoms with Crippen molar-refractivity contribution >= 4 is 28.9 Å². The molecule has 150 valence electrons. The Kier molecular flexibility index (Phi) is 7.49. The second kappa shape index (κ2) is 9.82. The molecule has 0 fully saturated rings. The zero-order valence-electron chi connectivity index (χ0n) is 16.3. The van der Waals surface area contributed by atoms with Gasteiger partial charge in [-0.25, -0.2) is 8.78 Å². The van der Waals surface area contributed by atoms with E-state index in [1.807, 2.05) is 24.3 Å². The Hall–Kier alpha value is -2.96. The van der Waals surface area contributed by atoms with Gasteiger partial charge in [0.05, 0.1) is 0 Å². The fourth-order valence-corrected chi connectivity index (χ4v) is 2.91. The number of anilines is 3. The first-order valence-electron chi connectivity index (χ1n) is 9.23. The highest BCUT2D eigenvalue weighted by Gasteiger charge is 2.14. The van der Waals surface area contributed by atoms with E-state index >= 15 is 0 Å². The van der Waals surface area contributed by atoms with Crippen LogP contribution in [-0.4, -0.2) is 31.4 Å². The van der Waals surface area contributed by atoms with Crippen molar-refractivity contribution in [3.8, 4) is 0 Å². The summed E-state index contributed by atoms with van der Waals surface area (Å²) in [5.74, 6) is -2.58. The van der Waals surface area contributed by atoms with Crippen LogP contribution in [0.4, 0.5) is 25.8 Å². The van der Waals surface area contributed by atoms with Crippen molar-refractivity contribution in [3.63, 3.8) is 0 Å². The molecule has 0 heterocycles. The maximum atomic E-state index is 13.2. The predicted octanol–water partition coefficient (Wildman–Crippen LogP) is 4.19. The lowest BCUT2D eigenvalue weighted by Gasteiger charge is -2.24. The van der Waals surface area contributed by atoms with E-state index in [0.717, 1.165) is 30.9 Å². The van der Waals surface area contributed by atoms with E-state index in [2.05, 4.69) is 24.1 Å². The molecular weight excluding hydrogens is 364 g/mol. The number of carbonyl (C=O) groups is 2. The first-order valence-corrected chi connectivity index (χ1v) is 9.23. The maximum Gasteiger partial charge on any atom is 0.226 e. The Balaban J connectivity index is 2.01. The van der Waals surface area contributed by atoms with Gasteiger partial charge in [-0.05, 0) is 50.2 Å². The van der Waals surface area contributed by atoms with E-state index < -0.39 is 17.5 Å². The van der Waals surface area contributed by atoms with Crippen molar-refractivity contribution in [3.05, 3.63) is 54.1 Å². The summed E-state index contributed by atoms with van der Waals surface area (Å²) in [4.78, 5) is 27.8. The first kappa shape index (κ1) is 21.3. The molecule has 2 aromatic rings. The fourth-order valence-electron chi connectivity index (χ4n) is 2.91. The summed E-state index contributed by atoms with van der Waals surface area (Å²) < 4.78 is 26.2. The van der Waals surface area contributed by atoms with E-state index in [1.165, 1.54) is 17.9 Å². The summed E-state index contributed by atoms with van der Waals surface area (Å²) in [6, 6.07) is 10.7. The average molecular weight is 389 g/mol. The average Bonchev–Trinajstić information content (AvgIpc) is 2.66. The smallest absolute Gasteiger partial charge is 0.226 e. The minimum Gasteiger partial charge on any atom is -0.372 e. The Morgan fingerprint density at radius 3 is 2.07 bits per heavy atom. The van der Waals surface area contributed by atoms with Crippen LogP contribution in [0, 0.1) is 11.6 Å². The molecule has 28 heavy (non-hydrogen) atoms. The SMILES string of the molecule is CCN(CC)c1ccc(N(CCC(=O)Nc2ccc(F)c(F)c2)C(C)=O)cc1. The number of nitrogens with zero attached hydrogens (tertiary/aromatic N) is 2. The zero-order chi connectivity index (χ0) is 20.7. The van der Waals surface area contributed by atoms with Gasteiger partial charge in [0, 0.05) is 56.1 Å². The summed E-state index contributed by atoms with van der Waals surface area (Å²) in [5.41, 5.74) is 1.93. The number of hydrogen-bond donors (Lipinski definition) is 1. The Morgan fingerprint density at radius 1 is 0.929 bits per heavy atom. The Morgan fingerprint density at radius 2 is 1.54 bits per heavy atom. The number of hydrogen-bond acceptors (Lipinski definition) is 3. The van der Waals surface area contributed by atoms with Crippen LogP contribution in [0.15, 0.2) is 42.5 Å². The highest BCUT2D eigenvalue weighted by atomic mass is 19.2. The molecule has 0 atom stereocenters. The van der Waals surface area contributed by atoms with E-state index in [9.17, 15) is 18.4 Å². The summed E-state index contributed by atoms with van der Waals surface area (Å²) in [7, 11) is 0. The summed E-state index contributed by atoms with van der Waals surface area (Å²) >= 11 is 0. The van der Waals surface area contributed by atoms with Crippen LogP contribution in [0.25, 0.3) is 0 Å². The molecule has 0 spiro atoms. The molecule has 0 aliphatic rings. The van der Waals surface area contributed by atoms with Gasteiger partial charge in [-0.15, -0.1) is 0 Å².